The first-order chi connectivity index (χ1) is 6.81. The van der Waals surface area contributed by atoms with Gasteiger partial charge in [-0.1, -0.05) is 23.7 Å². The van der Waals surface area contributed by atoms with Crippen LogP contribution in [0.5, 0.6) is 0 Å². The highest BCUT2D eigenvalue weighted by atomic mass is 35.5. The summed E-state index contributed by atoms with van der Waals surface area (Å²) < 4.78 is 0. The SMILES string of the molecule is O=C=Nc1cccc2ccc(Cl)nc12. The molecule has 0 atom stereocenters. The third kappa shape index (κ3) is 1.51. The molecule has 0 amide bonds. The zero-order valence-corrected chi connectivity index (χ0v) is 7.82. The van der Waals surface area contributed by atoms with E-state index in [1.54, 1.807) is 18.2 Å². The molecule has 0 unspecified atom stereocenters. The van der Waals surface area contributed by atoms with Crippen molar-refractivity contribution in [1.29, 1.82) is 0 Å². The molecule has 1 heterocycles. The molecule has 0 saturated heterocycles. The molecule has 0 aliphatic rings. The van der Waals surface area contributed by atoms with Gasteiger partial charge in [0.1, 0.15) is 10.8 Å². The van der Waals surface area contributed by atoms with Crippen LogP contribution in [0.15, 0.2) is 35.3 Å². The Morgan fingerprint density at radius 1 is 1.29 bits per heavy atom. The Hall–Kier alpha value is -1.70. The van der Waals surface area contributed by atoms with Gasteiger partial charge in [-0.2, -0.15) is 4.99 Å². The van der Waals surface area contributed by atoms with Gasteiger partial charge >= 0.3 is 0 Å². The van der Waals surface area contributed by atoms with E-state index in [9.17, 15) is 4.79 Å². The summed E-state index contributed by atoms with van der Waals surface area (Å²) in [6, 6.07) is 8.89. The first-order valence-electron chi connectivity index (χ1n) is 3.94. The van der Waals surface area contributed by atoms with Crippen LogP contribution in [0.3, 0.4) is 0 Å². The lowest BCUT2D eigenvalue weighted by molar-refractivity contribution is 0.565. The number of rotatable bonds is 1. The number of carbonyl (C=O) groups excluding carboxylic acids is 1. The van der Waals surface area contributed by atoms with Crippen molar-refractivity contribution in [2.24, 2.45) is 4.99 Å². The molecule has 0 aliphatic heterocycles. The molecule has 1 aromatic heterocycles. The summed E-state index contributed by atoms with van der Waals surface area (Å²) >= 11 is 5.74. The second-order valence-electron chi connectivity index (χ2n) is 2.69. The third-order valence-electron chi connectivity index (χ3n) is 1.83. The highest BCUT2D eigenvalue weighted by Gasteiger charge is 2.01. The number of aliphatic imine (C=N–C) groups is 1. The number of hydrogen-bond donors (Lipinski definition) is 0. The summed E-state index contributed by atoms with van der Waals surface area (Å²) in [5.74, 6) is 0. The van der Waals surface area contributed by atoms with Crippen molar-refractivity contribution in [1.82, 2.24) is 4.98 Å². The van der Waals surface area contributed by atoms with Gasteiger partial charge in [0.05, 0.1) is 5.52 Å². The minimum atomic E-state index is 0.381. The number of hydrogen-bond acceptors (Lipinski definition) is 3. The second kappa shape index (κ2) is 3.58. The molecular weight excluding hydrogens is 200 g/mol. The molecule has 4 heteroatoms. The number of pyridine rings is 1. The summed E-state index contributed by atoms with van der Waals surface area (Å²) in [6.45, 7) is 0. The van der Waals surface area contributed by atoms with Gasteiger partial charge in [0.2, 0.25) is 6.08 Å². The number of aromatic nitrogens is 1. The van der Waals surface area contributed by atoms with E-state index in [2.05, 4.69) is 9.98 Å². The van der Waals surface area contributed by atoms with Crippen LogP contribution in [-0.4, -0.2) is 11.1 Å². The van der Waals surface area contributed by atoms with Crippen molar-refractivity contribution < 1.29 is 4.79 Å². The van der Waals surface area contributed by atoms with Gasteiger partial charge in [0, 0.05) is 5.39 Å². The first-order valence-corrected chi connectivity index (χ1v) is 4.32. The summed E-state index contributed by atoms with van der Waals surface area (Å²) in [4.78, 5) is 17.8. The van der Waals surface area contributed by atoms with E-state index in [4.69, 9.17) is 11.6 Å². The highest BCUT2D eigenvalue weighted by Crippen LogP contribution is 2.24. The lowest BCUT2D eigenvalue weighted by atomic mass is 10.2. The van der Waals surface area contributed by atoms with Crippen molar-refractivity contribution in [3.05, 3.63) is 35.5 Å². The number of para-hydroxylation sites is 1. The molecule has 0 saturated carbocycles. The average Bonchev–Trinajstić information content (AvgIpc) is 2.19. The molecule has 0 N–H and O–H groups in total. The van der Waals surface area contributed by atoms with Gasteiger partial charge in [0.15, 0.2) is 0 Å². The van der Waals surface area contributed by atoms with E-state index in [0.717, 1.165) is 5.39 Å². The maximum absolute atomic E-state index is 10.2. The number of isocyanates is 1. The van der Waals surface area contributed by atoms with E-state index >= 15 is 0 Å². The molecular formula is C10H5ClN2O. The Bertz CT molecular complexity index is 533. The zero-order valence-electron chi connectivity index (χ0n) is 7.07. The van der Waals surface area contributed by atoms with Crippen molar-refractivity contribution in [3.8, 4) is 0 Å². The fraction of sp³-hybridized carbons (Fsp3) is 0. The fourth-order valence-electron chi connectivity index (χ4n) is 1.25. The quantitative estimate of drug-likeness (QED) is 0.407. The molecule has 0 radical (unpaired) electrons. The van der Waals surface area contributed by atoms with Gasteiger partial charge in [-0.05, 0) is 18.2 Å². The molecule has 2 rings (SSSR count). The highest BCUT2D eigenvalue weighted by molar-refractivity contribution is 6.29. The van der Waals surface area contributed by atoms with Crippen molar-refractivity contribution in [2.45, 2.75) is 0 Å². The van der Waals surface area contributed by atoms with Crippen LogP contribution in [0, 0.1) is 0 Å². The van der Waals surface area contributed by atoms with Crippen LogP contribution in [0.25, 0.3) is 10.9 Å². The number of fused-ring (bicyclic) bond motifs is 1. The van der Waals surface area contributed by atoms with Crippen molar-refractivity contribution in [2.75, 3.05) is 0 Å². The lowest BCUT2D eigenvalue weighted by Gasteiger charge is -1.99. The number of nitrogens with zero attached hydrogens (tertiary/aromatic N) is 2. The smallest absolute Gasteiger partial charge is 0.234 e. The van der Waals surface area contributed by atoms with Crippen molar-refractivity contribution in [3.63, 3.8) is 0 Å². The monoisotopic (exact) mass is 204 g/mol. The van der Waals surface area contributed by atoms with Crippen LogP contribution in [0.4, 0.5) is 5.69 Å². The molecule has 0 aliphatic carbocycles. The molecule has 0 fully saturated rings. The standard InChI is InChI=1S/C10H5ClN2O/c11-9-5-4-7-2-1-3-8(12-6-14)10(7)13-9/h1-5H. The predicted molar refractivity (Wildman–Crippen MR) is 54.5 cm³/mol. The van der Waals surface area contributed by atoms with Crippen LogP contribution in [0.1, 0.15) is 0 Å². The molecule has 3 nitrogen and oxygen atoms in total. The molecule has 14 heavy (non-hydrogen) atoms. The van der Waals surface area contributed by atoms with Crippen LogP contribution in [-0.2, 0) is 4.79 Å². The van der Waals surface area contributed by atoms with Crippen molar-refractivity contribution >= 4 is 34.3 Å². The van der Waals surface area contributed by atoms with Gasteiger partial charge < -0.3 is 0 Å². The molecule has 68 valence electrons. The van der Waals surface area contributed by atoms with Gasteiger partial charge in [-0.25, -0.2) is 9.78 Å². The van der Waals surface area contributed by atoms with Crippen LogP contribution in [0.2, 0.25) is 5.15 Å². The Labute approximate surface area is 85.1 Å². The maximum Gasteiger partial charge on any atom is 0.240 e. The predicted octanol–water partition coefficient (Wildman–Crippen LogP) is 2.86. The average molecular weight is 205 g/mol. The summed E-state index contributed by atoms with van der Waals surface area (Å²) in [7, 11) is 0. The van der Waals surface area contributed by atoms with E-state index in [1.165, 1.54) is 6.08 Å². The third-order valence-corrected chi connectivity index (χ3v) is 2.04. The second-order valence-corrected chi connectivity index (χ2v) is 3.07. The Morgan fingerprint density at radius 2 is 2.14 bits per heavy atom. The van der Waals surface area contributed by atoms with E-state index < -0.39 is 0 Å². The van der Waals surface area contributed by atoms with Gasteiger partial charge in [0.25, 0.3) is 0 Å². The normalized spacial score (nSPS) is 9.79. The molecule has 0 spiro atoms. The molecule has 1 aromatic carbocycles. The van der Waals surface area contributed by atoms with Crippen LogP contribution < -0.4 is 0 Å². The van der Waals surface area contributed by atoms with E-state index in [1.807, 2.05) is 12.1 Å². The molecule has 2 aromatic rings. The first kappa shape index (κ1) is 8.88. The van der Waals surface area contributed by atoms with E-state index in [0.29, 0.717) is 16.4 Å². The minimum Gasteiger partial charge on any atom is -0.234 e. The summed E-state index contributed by atoms with van der Waals surface area (Å²) in [6.07, 6.45) is 1.49. The minimum absolute atomic E-state index is 0.381. The Kier molecular flexibility index (Phi) is 2.27. The fourth-order valence-corrected chi connectivity index (χ4v) is 1.39. The lowest BCUT2D eigenvalue weighted by Crippen LogP contribution is -1.79. The van der Waals surface area contributed by atoms with Crippen LogP contribution >= 0.6 is 11.6 Å². The Balaban J connectivity index is 2.83. The number of benzene rings is 1. The largest absolute Gasteiger partial charge is 0.240 e. The summed E-state index contributed by atoms with van der Waals surface area (Å²) in [5, 5.41) is 1.27. The zero-order chi connectivity index (χ0) is 9.97. The van der Waals surface area contributed by atoms with E-state index in [-0.39, 0.29) is 0 Å². The number of halogens is 1. The van der Waals surface area contributed by atoms with Gasteiger partial charge in [-0.3, -0.25) is 0 Å². The van der Waals surface area contributed by atoms with Gasteiger partial charge in [-0.15, -0.1) is 0 Å². The topological polar surface area (TPSA) is 42.3 Å². The molecule has 0 bridgehead atoms. The summed E-state index contributed by atoms with van der Waals surface area (Å²) in [5.41, 5.74) is 1.10. The Morgan fingerprint density at radius 3 is 2.93 bits per heavy atom. The maximum atomic E-state index is 10.2.